The molecule has 0 saturated heterocycles. The van der Waals surface area contributed by atoms with Crippen LogP contribution in [0.3, 0.4) is 0 Å². The molecule has 0 amide bonds. The Morgan fingerprint density at radius 1 is 1.19 bits per heavy atom. The van der Waals surface area contributed by atoms with E-state index in [1.54, 1.807) is 25.4 Å². The maximum absolute atomic E-state index is 12.4. The van der Waals surface area contributed by atoms with Crippen LogP contribution in [0.25, 0.3) is 21.3 Å². The number of benzene rings is 1. The van der Waals surface area contributed by atoms with Crippen molar-refractivity contribution in [3.63, 3.8) is 0 Å². The van der Waals surface area contributed by atoms with Gasteiger partial charge in [0.2, 0.25) is 0 Å². The van der Waals surface area contributed by atoms with Gasteiger partial charge in [0, 0.05) is 12.3 Å². The topological polar surface area (TPSA) is 90.0 Å². The molecule has 0 atom stereocenters. The quantitative estimate of drug-likeness (QED) is 0.490. The van der Waals surface area contributed by atoms with E-state index in [0.29, 0.717) is 44.6 Å². The van der Waals surface area contributed by atoms with Crippen molar-refractivity contribution >= 4 is 55.9 Å². The SMILES string of the molecule is COc1cc2nc(CSc3nc4ncc(Cl)cc4s3)[nH]c(=O)c2cc1OC. The lowest BCUT2D eigenvalue weighted by molar-refractivity contribution is 0.355. The Balaban J connectivity index is 1.63. The number of thiazole rings is 1. The predicted octanol–water partition coefficient (Wildman–Crippen LogP) is 3.89. The van der Waals surface area contributed by atoms with Crippen molar-refractivity contribution in [3.8, 4) is 11.5 Å². The van der Waals surface area contributed by atoms with Gasteiger partial charge >= 0.3 is 0 Å². The molecule has 0 aliphatic rings. The van der Waals surface area contributed by atoms with Gasteiger partial charge in [-0.25, -0.2) is 15.0 Å². The van der Waals surface area contributed by atoms with Crippen LogP contribution in [0.2, 0.25) is 5.02 Å². The molecule has 138 valence electrons. The Hall–Kier alpha value is -2.36. The van der Waals surface area contributed by atoms with E-state index in [4.69, 9.17) is 21.1 Å². The Morgan fingerprint density at radius 3 is 2.74 bits per heavy atom. The van der Waals surface area contributed by atoms with Crippen molar-refractivity contribution < 1.29 is 9.47 Å². The third-order valence-electron chi connectivity index (χ3n) is 3.79. The number of thioether (sulfide) groups is 1. The largest absolute Gasteiger partial charge is 0.493 e. The van der Waals surface area contributed by atoms with Gasteiger partial charge in [0.25, 0.3) is 5.56 Å². The molecule has 0 unspecified atom stereocenters. The second-order valence-electron chi connectivity index (χ2n) is 5.48. The van der Waals surface area contributed by atoms with Gasteiger partial charge in [-0.15, -0.1) is 11.3 Å². The fourth-order valence-corrected chi connectivity index (χ4v) is 4.70. The molecule has 1 aromatic carbocycles. The van der Waals surface area contributed by atoms with Crippen molar-refractivity contribution in [2.24, 2.45) is 0 Å². The highest BCUT2D eigenvalue weighted by Gasteiger charge is 2.12. The van der Waals surface area contributed by atoms with Gasteiger partial charge in [-0.3, -0.25) is 4.79 Å². The summed E-state index contributed by atoms with van der Waals surface area (Å²) in [7, 11) is 3.07. The Labute approximate surface area is 166 Å². The molecule has 1 N–H and O–H groups in total. The van der Waals surface area contributed by atoms with E-state index in [1.165, 1.54) is 30.2 Å². The first-order valence-electron chi connectivity index (χ1n) is 7.77. The lowest BCUT2D eigenvalue weighted by Gasteiger charge is -2.09. The van der Waals surface area contributed by atoms with Crippen molar-refractivity contribution in [2.45, 2.75) is 10.1 Å². The molecular weight excluding hydrogens is 408 g/mol. The number of rotatable bonds is 5. The fraction of sp³-hybridized carbons (Fsp3) is 0.176. The van der Waals surface area contributed by atoms with Gasteiger partial charge in [-0.05, 0) is 12.1 Å². The average molecular weight is 421 g/mol. The van der Waals surface area contributed by atoms with E-state index in [9.17, 15) is 4.79 Å². The summed E-state index contributed by atoms with van der Waals surface area (Å²) in [6, 6.07) is 5.16. The number of pyridine rings is 1. The first-order chi connectivity index (χ1) is 13.1. The number of ether oxygens (including phenoxy) is 2. The van der Waals surface area contributed by atoms with Gasteiger partial charge in [0.15, 0.2) is 21.5 Å². The van der Waals surface area contributed by atoms with Crippen molar-refractivity contribution in [1.29, 1.82) is 0 Å². The second-order valence-corrected chi connectivity index (χ2v) is 8.17. The zero-order valence-corrected chi connectivity index (χ0v) is 16.7. The van der Waals surface area contributed by atoms with E-state index in [1.807, 2.05) is 6.07 Å². The molecule has 0 bridgehead atoms. The number of hydrogen-bond acceptors (Lipinski definition) is 8. The Bertz CT molecular complexity index is 1210. The molecule has 4 rings (SSSR count). The molecule has 0 aliphatic carbocycles. The molecule has 0 fully saturated rings. The maximum Gasteiger partial charge on any atom is 0.258 e. The second kappa shape index (κ2) is 7.34. The number of halogens is 1. The van der Waals surface area contributed by atoms with E-state index < -0.39 is 0 Å². The lowest BCUT2D eigenvalue weighted by Crippen LogP contribution is -2.11. The number of fused-ring (bicyclic) bond motifs is 2. The Morgan fingerprint density at radius 2 is 1.96 bits per heavy atom. The minimum Gasteiger partial charge on any atom is -0.493 e. The molecule has 0 saturated carbocycles. The summed E-state index contributed by atoms with van der Waals surface area (Å²) in [5.74, 6) is 2.03. The van der Waals surface area contributed by atoms with Crippen molar-refractivity contribution in [3.05, 3.63) is 45.6 Å². The van der Waals surface area contributed by atoms with Gasteiger partial charge in [0.1, 0.15) is 5.82 Å². The van der Waals surface area contributed by atoms with Crippen LogP contribution in [-0.4, -0.2) is 34.2 Å². The highest BCUT2D eigenvalue weighted by atomic mass is 35.5. The predicted molar refractivity (Wildman–Crippen MR) is 107 cm³/mol. The van der Waals surface area contributed by atoms with E-state index in [2.05, 4.69) is 19.9 Å². The monoisotopic (exact) mass is 420 g/mol. The van der Waals surface area contributed by atoms with E-state index >= 15 is 0 Å². The molecule has 7 nitrogen and oxygen atoms in total. The van der Waals surface area contributed by atoms with Crippen LogP contribution in [-0.2, 0) is 5.75 Å². The molecule has 0 radical (unpaired) electrons. The normalized spacial score (nSPS) is 11.2. The highest BCUT2D eigenvalue weighted by Crippen LogP contribution is 2.32. The third kappa shape index (κ3) is 3.58. The number of hydrogen-bond donors (Lipinski definition) is 1. The molecular formula is C17H13ClN4O3S2. The summed E-state index contributed by atoms with van der Waals surface area (Å²) in [6.45, 7) is 0. The van der Waals surface area contributed by atoms with Crippen molar-refractivity contribution in [1.82, 2.24) is 19.9 Å². The first kappa shape index (κ1) is 18.0. The van der Waals surface area contributed by atoms with Crippen LogP contribution in [0.1, 0.15) is 5.82 Å². The number of nitrogens with one attached hydrogen (secondary N) is 1. The number of aromatic amines is 1. The van der Waals surface area contributed by atoms with Crippen molar-refractivity contribution in [2.75, 3.05) is 14.2 Å². The summed E-state index contributed by atoms with van der Waals surface area (Å²) in [5, 5.41) is 1.02. The summed E-state index contributed by atoms with van der Waals surface area (Å²) in [6.07, 6.45) is 1.57. The third-order valence-corrected chi connectivity index (χ3v) is 6.14. The maximum atomic E-state index is 12.4. The minimum atomic E-state index is -0.227. The van der Waals surface area contributed by atoms with E-state index in [-0.39, 0.29) is 5.56 Å². The smallest absolute Gasteiger partial charge is 0.258 e. The van der Waals surface area contributed by atoms with Crippen LogP contribution >= 0.6 is 34.7 Å². The first-order valence-corrected chi connectivity index (χ1v) is 9.95. The number of nitrogens with zero attached hydrogens (tertiary/aromatic N) is 3. The fourth-order valence-electron chi connectivity index (χ4n) is 2.55. The van der Waals surface area contributed by atoms with Gasteiger partial charge in [-0.2, -0.15) is 0 Å². The van der Waals surface area contributed by atoms with E-state index in [0.717, 1.165) is 9.04 Å². The lowest BCUT2D eigenvalue weighted by atomic mass is 10.2. The molecule has 3 aromatic heterocycles. The summed E-state index contributed by atoms with van der Waals surface area (Å²) in [5.41, 5.74) is 0.975. The molecule has 4 aromatic rings. The van der Waals surface area contributed by atoms with Crippen LogP contribution in [0.5, 0.6) is 11.5 Å². The van der Waals surface area contributed by atoms with Gasteiger partial charge in [0.05, 0.1) is 40.6 Å². The average Bonchev–Trinajstić information content (AvgIpc) is 3.07. The summed E-state index contributed by atoms with van der Waals surface area (Å²) < 4.78 is 12.3. The minimum absolute atomic E-state index is 0.227. The molecule has 0 spiro atoms. The highest BCUT2D eigenvalue weighted by molar-refractivity contribution is 8.00. The number of H-pyrrole nitrogens is 1. The zero-order valence-electron chi connectivity index (χ0n) is 14.3. The summed E-state index contributed by atoms with van der Waals surface area (Å²) in [4.78, 5) is 28.4. The zero-order chi connectivity index (χ0) is 19.0. The standard InChI is InChI=1S/C17H13ClN4O3S2/c1-24-11-4-9-10(5-12(11)25-2)20-14(21-16(9)23)7-26-17-22-15-13(27-17)3-8(18)6-19-15/h3-6H,7H2,1-2H3,(H,20,21,23). The van der Waals surface area contributed by atoms with Gasteiger partial charge < -0.3 is 14.5 Å². The molecule has 10 heteroatoms. The number of aromatic nitrogens is 4. The van der Waals surface area contributed by atoms with Crippen LogP contribution < -0.4 is 15.0 Å². The van der Waals surface area contributed by atoms with Gasteiger partial charge in [-0.1, -0.05) is 23.4 Å². The van der Waals surface area contributed by atoms with Crippen LogP contribution in [0, 0.1) is 0 Å². The van der Waals surface area contributed by atoms with Crippen LogP contribution in [0.15, 0.2) is 33.5 Å². The molecule has 0 aliphatic heterocycles. The summed E-state index contributed by atoms with van der Waals surface area (Å²) >= 11 is 8.93. The molecule has 3 heterocycles. The van der Waals surface area contributed by atoms with Crippen LogP contribution in [0.4, 0.5) is 0 Å². The Kier molecular flexibility index (Phi) is 4.90. The molecule has 27 heavy (non-hydrogen) atoms. The number of methoxy groups -OCH3 is 2.